The van der Waals surface area contributed by atoms with E-state index in [4.69, 9.17) is 9.47 Å². The van der Waals surface area contributed by atoms with Crippen LogP contribution in [-0.4, -0.2) is 24.5 Å². The molecular formula is C46H37N5O2Pd2. The van der Waals surface area contributed by atoms with Gasteiger partial charge in [-0.3, -0.25) is 0 Å². The molecule has 278 valence electrons. The standard InChI is InChI=1S/C46H37N5O2.2Pd/c1-45(2,3)36-26-34-35-27-37(46(4,5)6)43(53-33-17-12-15-31(25-33)39-19-8-10-21-48-39)29-41(35)51(44-49-22-13-23-50-44)40(34)28-42(36)52-32-16-11-14-30(24-32)38-18-7-9-20-47-38;;/h7-23,26-27H,1-6H3;;/q-4;2*+2. The summed E-state index contributed by atoms with van der Waals surface area (Å²) in [5.74, 6) is 2.79. The average Bonchev–Trinajstić information content (AvgIpc) is 3.47. The molecule has 0 radical (unpaired) electrons. The Morgan fingerprint density at radius 1 is 0.491 bits per heavy atom. The van der Waals surface area contributed by atoms with Gasteiger partial charge >= 0.3 is 40.8 Å². The largest absolute Gasteiger partial charge is 2.00 e. The smallest absolute Gasteiger partial charge is 0.503 e. The van der Waals surface area contributed by atoms with E-state index in [0.717, 1.165) is 55.4 Å². The maximum absolute atomic E-state index is 6.68. The molecule has 4 aromatic heterocycles. The first kappa shape index (κ1) is 39.7. The second-order valence-corrected chi connectivity index (χ2v) is 14.9. The van der Waals surface area contributed by atoms with Crippen molar-refractivity contribution < 1.29 is 50.3 Å². The van der Waals surface area contributed by atoms with E-state index in [2.05, 4.69) is 97.9 Å². The zero-order valence-corrected chi connectivity index (χ0v) is 34.3. The molecule has 0 aliphatic heterocycles. The van der Waals surface area contributed by atoms with Crippen LogP contribution in [0.2, 0.25) is 0 Å². The summed E-state index contributed by atoms with van der Waals surface area (Å²) in [5, 5.41) is 1.96. The van der Waals surface area contributed by atoms with Crippen LogP contribution >= 0.6 is 0 Å². The van der Waals surface area contributed by atoms with Crippen molar-refractivity contribution >= 4 is 21.8 Å². The predicted molar refractivity (Wildman–Crippen MR) is 209 cm³/mol. The van der Waals surface area contributed by atoms with Crippen LogP contribution < -0.4 is 9.47 Å². The minimum Gasteiger partial charge on any atom is -0.503 e. The van der Waals surface area contributed by atoms with Crippen molar-refractivity contribution in [2.45, 2.75) is 52.4 Å². The molecular weight excluding hydrogens is 867 g/mol. The van der Waals surface area contributed by atoms with Crippen LogP contribution in [0.5, 0.6) is 23.0 Å². The van der Waals surface area contributed by atoms with Crippen LogP contribution in [0.25, 0.3) is 50.3 Å². The number of rotatable bonds is 7. The maximum atomic E-state index is 6.68. The van der Waals surface area contributed by atoms with Crippen molar-refractivity contribution in [1.29, 1.82) is 0 Å². The Hall–Kier alpha value is -5.02. The number of benzene rings is 4. The van der Waals surface area contributed by atoms with Crippen molar-refractivity contribution in [3.05, 3.63) is 151 Å². The molecule has 8 aromatic rings. The molecule has 0 saturated carbocycles. The van der Waals surface area contributed by atoms with Gasteiger partial charge in [-0.2, -0.15) is 22.9 Å². The molecule has 0 saturated heterocycles. The molecule has 0 spiro atoms. The Bertz CT molecular complexity index is 2420. The zero-order chi connectivity index (χ0) is 36.7. The molecule has 9 heteroatoms. The number of hydrogen-bond acceptors (Lipinski definition) is 6. The van der Waals surface area contributed by atoms with Crippen LogP contribution in [0.3, 0.4) is 0 Å². The number of nitrogens with zero attached hydrogens (tertiary/aromatic N) is 5. The van der Waals surface area contributed by atoms with Crippen molar-refractivity contribution in [1.82, 2.24) is 24.5 Å². The first-order chi connectivity index (χ1) is 25.5. The van der Waals surface area contributed by atoms with Gasteiger partial charge in [0.2, 0.25) is 5.95 Å². The molecule has 0 fully saturated rings. The first-order valence-electron chi connectivity index (χ1n) is 17.6. The summed E-state index contributed by atoms with van der Waals surface area (Å²) in [4.78, 5) is 18.4. The van der Waals surface area contributed by atoms with Gasteiger partial charge in [0.15, 0.2) is 0 Å². The van der Waals surface area contributed by atoms with Gasteiger partial charge in [0.25, 0.3) is 0 Å². The summed E-state index contributed by atoms with van der Waals surface area (Å²) in [6.07, 6.45) is 7.02. The summed E-state index contributed by atoms with van der Waals surface area (Å²) in [7, 11) is 0. The Morgan fingerprint density at radius 2 is 0.927 bits per heavy atom. The van der Waals surface area contributed by atoms with Gasteiger partial charge in [-0.05, 0) is 29.6 Å². The molecule has 0 aliphatic rings. The van der Waals surface area contributed by atoms with E-state index < -0.39 is 0 Å². The summed E-state index contributed by atoms with van der Waals surface area (Å²) < 4.78 is 15.3. The predicted octanol–water partition coefficient (Wildman–Crippen LogP) is 11.1. The second kappa shape index (κ2) is 16.0. The molecule has 4 aromatic carbocycles. The topological polar surface area (TPSA) is 75.0 Å². The van der Waals surface area contributed by atoms with Crippen LogP contribution in [0.15, 0.2) is 116 Å². The number of fused-ring (bicyclic) bond motifs is 3. The normalized spacial score (nSPS) is 11.5. The third-order valence-corrected chi connectivity index (χ3v) is 8.99. The van der Waals surface area contributed by atoms with Crippen molar-refractivity contribution in [3.8, 4) is 51.5 Å². The van der Waals surface area contributed by atoms with Gasteiger partial charge in [-0.1, -0.05) is 99.8 Å². The third kappa shape index (κ3) is 8.18. The monoisotopic (exact) mass is 903 g/mol. The fraction of sp³-hybridized carbons (Fsp3) is 0.174. The van der Waals surface area contributed by atoms with Gasteiger partial charge in [-0.15, -0.1) is 70.8 Å². The molecule has 8 rings (SSSR count). The maximum Gasteiger partial charge on any atom is 2.00 e. The van der Waals surface area contributed by atoms with E-state index in [1.54, 1.807) is 30.9 Å². The van der Waals surface area contributed by atoms with E-state index in [9.17, 15) is 0 Å². The van der Waals surface area contributed by atoms with Crippen LogP contribution in [0, 0.1) is 24.3 Å². The molecule has 0 N–H and O–H groups in total. The number of pyridine rings is 2. The molecule has 0 aliphatic carbocycles. The Morgan fingerprint density at radius 3 is 1.33 bits per heavy atom. The van der Waals surface area contributed by atoms with Gasteiger partial charge in [0.1, 0.15) is 0 Å². The quantitative estimate of drug-likeness (QED) is 0.117. The molecule has 0 amide bonds. The van der Waals surface area contributed by atoms with E-state index in [1.807, 2.05) is 77.4 Å². The van der Waals surface area contributed by atoms with Crippen LogP contribution in [0.1, 0.15) is 52.7 Å². The Balaban J connectivity index is 0.00000257. The molecule has 0 unspecified atom stereocenters. The first-order valence-corrected chi connectivity index (χ1v) is 17.6. The van der Waals surface area contributed by atoms with Gasteiger partial charge in [0, 0.05) is 47.8 Å². The third-order valence-electron chi connectivity index (χ3n) is 8.99. The van der Waals surface area contributed by atoms with Crippen molar-refractivity contribution in [2.75, 3.05) is 0 Å². The molecule has 0 bridgehead atoms. The van der Waals surface area contributed by atoms with Crippen LogP contribution in [-0.2, 0) is 51.7 Å². The molecule has 7 nitrogen and oxygen atoms in total. The van der Waals surface area contributed by atoms with E-state index in [-0.39, 0.29) is 51.7 Å². The zero-order valence-electron chi connectivity index (χ0n) is 31.2. The molecule has 4 heterocycles. The van der Waals surface area contributed by atoms with Gasteiger partial charge < -0.3 is 24.0 Å². The fourth-order valence-corrected chi connectivity index (χ4v) is 6.38. The summed E-state index contributed by atoms with van der Waals surface area (Å²) in [6, 6.07) is 43.7. The summed E-state index contributed by atoms with van der Waals surface area (Å²) in [6.45, 7) is 13.1. The second-order valence-electron chi connectivity index (χ2n) is 14.9. The average molecular weight is 905 g/mol. The minimum absolute atomic E-state index is 0. The minimum atomic E-state index is -0.287. The number of aromatic nitrogens is 5. The Kier molecular flexibility index (Phi) is 11.5. The Labute approximate surface area is 349 Å². The van der Waals surface area contributed by atoms with Crippen LogP contribution in [0.4, 0.5) is 0 Å². The van der Waals surface area contributed by atoms with Gasteiger partial charge in [-0.25, -0.2) is 9.97 Å². The van der Waals surface area contributed by atoms with E-state index in [1.165, 1.54) is 0 Å². The molecule has 0 atom stereocenters. The van der Waals surface area contributed by atoms with Gasteiger partial charge in [0.05, 0.1) is 0 Å². The van der Waals surface area contributed by atoms with E-state index in [0.29, 0.717) is 28.9 Å². The van der Waals surface area contributed by atoms with E-state index >= 15 is 0 Å². The summed E-state index contributed by atoms with van der Waals surface area (Å²) in [5.41, 5.74) is 6.24. The number of ether oxygens (including phenoxy) is 2. The van der Waals surface area contributed by atoms with Crippen molar-refractivity contribution in [2.24, 2.45) is 0 Å². The molecule has 55 heavy (non-hydrogen) atoms. The van der Waals surface area contributed by atoms with Crippen molar-refractivity contribution in [3.63, 3.8) is 0 Å². The SMILES string of the molecule is CC(C)(C)c1cc2c3cc(C(C)(C)C)c(Oc4[c-]c(-c5ccccn5)ccc4)[c-]c3n(-c3ncccn3)c2[c-]c1Oc1[c-]c(-c2ccccn2)ccc1.[Pd+2].[Pd+2]. The fourth-order valence-electron chi connectivity index (χ4n) is 6.38. The summed E-state index contributed by atoms with van der Waals surface area (Å²) >= 11 is 0. The number of hydrogen-bond donors (Lipinski definition) is 0.